The molecule has 1 aromatic heterocycles. The van der Waals surface area contributed by atoms with Crippen molar-refractivity contribution in [2.24, 2.45) is 0 Å². The minimum atomic E-state index is -0.410. The van der Waals surface area contributed by atoms with Gasteiger partial charge in [-0.15, -0.1) is 0 Å². The van der Waals surface area contributed by atoms with Gasteiger partial charge in [0.15, 0.2) is 0 Å². The van der Waals surface area contributed by atoms with Crippen LogP contribution < -0.4 is 5.32 Å². The minimum Gasteiger partial charge on any atom is -0.323 e. The molecule has 1 atom stereocenters. The second-order valence-corrected chi connectivity index (χ2v) is 4.62. The largest absolute Gasteiger partial charge is 0.323 e. The summed E-state index contributed by atoms with van der Waals surface area (Å²) in [7, 11) is 0. The maximum Gasteiger partial charge on any atom is 0.248 e. The van der Waals surface area contributed by atoms with E-state index in [1.54, 1.807) is 48.3 Å². The molecule has 0 fully saturated rings. The highest BCUT2D eigenvalue weighted by Crippen LogP contribution is 2.26. The average molecular weight is 284 g/mol. The number of rotatable bonds is 3. The molecule has 6 heteroatoms. The van der Waals surface area contributed by atoms with E-state index in [1.807, 2.05) is 0 Å². The zero-order valence-electron chi connectivity index (χ0n) is 9.60. The Morgan fingerprint density at radius 1 is 1.44 bits per heavy atom. The Labute approximate surface area is 115 Å². The molecule has 0 bridgehead atoms. The lowest BCUT2D eigenvalue weighted by Crippen LogP contribution is -2.24. The fourth-order valence-electron chi connectivity index (χ4n) is 1.46. The number of hydrogen-bond acceptors (Lipinski definition) is 2. The van der Waals surface area contributed by atoms with Crippen LogP contribution in [0.2, 0.25) is 10.0 Å². The van der Waals surface area contributed by atoms with E-state index >= 15 is 0 Å². The summed E-state index contributed by atoms with van der Waals surface area (Å²) in [4.78, 5) is 12.0. The molecule has 0 saturated heterocycles. The van der Waals surface area contributed by atoms with Crippen molar-refractivity contribution in [3.05, 3.63) is 46.7 Å². The third-order valence-corrected chi connectivity index (χ3v) is 3.04. The Morgan fingerprint density at radius 3 is 2.83 bits per heavy atom. The Kier molecular flexibility index (Phi) is 3.89. The Hall–Kier alpha value is -1.52. The van der Waals surface area contributed by atoms with Gasteiger partial charge in [0.2, 0.25) is 5.91 Å². The number of carbonyl (C=O) groups is 1. The number of halogens is 2. The molecule has 1 N–H and O–H groups in total. The zero-order chi connectivity index (χ0) is 13.1. The molecule has 0 radical (unpaired) electrons. The summed E-state index contributed by atoms with van der Waals surface area (Å²) < 4.78 is 1.57. The van der Waals surface area contributed by atoms with Crippen molar-refractivity contribution < 1.29 is 4.79 Å². The molecular formula is C12H11Cl2N3O. The Balaban J connectivity index is 2.12. The molecule has 2 rings (SSSR count). The maximum absolute atomic E-state index is 12.0. The van der Waals surface area contributed by atoms with E-state index in [0.29, 0.717) is 15.7 Å². The van der Waals surface area contributed by atoms with Crippen LogP contribution in [0.25, 0.3) is 0 Å². The molecule has 0 aliphatic rings. The molecule has 1 unspecified atom stereocenters. The first kappa shape index (κ1) is 12.9. The monoisotopic (exact) mass is 283 g/mol. The lowest BCUT2D eigenvalue weighted by Gasteiger charge is -2.13. The molecule has 1 aromatic carbocycles. The summed E-state index contributed by atoms with van der Waals surface area (Å²) in [5, 5.41) is 7.68. The van der Waals surface area contributed by atoms with Gasteiger partial charge in [-0.1, -0.05) is 23.2 Å². The van der Waals surface area contributed by atoms with Crippen molar-refractivity contribution in [2.45, 2.75) is 13.0 Å². The van der Waals surface area contributed by atoms with Crippen molar-refractivity contribution in [1.82, 2.24) is 9.78 Å². The quantitative estimate of drug-likeness (QED) is 0.939. The normalized spacial score (nSPS) is 12.2. The van der Waals surface area contributed by atoms with E-state index in [0.717, 1.165) is 0 Å². The van der Waals surface area contributed by atoms with E-state index in [4.69, 9.17) is 23.2 Å². The molecule has 2 aromatic rings. The number of hydrogen-bond donors (Lipinski definition) is 1. The van der Waals surface area contributed by atoms with Crippen molar-refractivity contribution in [2.75, 3.05) is 5.32 Å². The number of carbonyl (C=O) groups excluding carboxylic acids is 1. The molecule has 0 aliphatic heterocycles. The van der Waals surface area contributed by atoms with Gasteiger partial charge in [0.25, 0.3) is 0 Å². The predicted molar refractivity (Wildman–Crippen MR) is 72.0 cm³/mol. The third kappa shape index (κ3) is 2.83. The van der Waals surface area contributed by atoms with Crippen LogP contribution in [0.1, 0.15) is 13.0 Å². The third-order valence-electron chi connectivity index (χ3n) is 2.49. The van der Waals surface area contributed by atoms with Crippen molar-refractivity contribution in [1.29, 1.82) is 0 Å². The molecule has 0 saturated carbocycles. The molecule has 4 nitrogen and oxygen atoms in total. The van der Waals surface area contributed by atoms with Crippen molar-refractivity contribution >= 4 is 34.8 Å². The van der Waals surface area contributed by atoms with Gasteiger partial charge in [0.1, 0.15) is 6.04 Å². The van der Waals surface area contributed by atoms with Crippen LogP contribution in [0.5, 0.6) is 0 Å². The van der Waals surface area contributed by atoms with Crippen LogP contribution in [0.4, 0.5) is 5.69 Å². The van der Waals surface area contributed by atoms with Crippen LogP contribution in [-0.4, -0.2) is 15.7 Å². The van der Waals surface area contributed by atoms with Crippen LogP contribution in [0, 0.1) is 0 Å². The molecular weight excluding hydrogens is 273 g/mol. The van der Waals surface area contributed by atoms with Gasteiger partial charge in [-0.3, -0.25) is 9.48 Å². The summed E-state index contributed by atoms with van der Waals surface area (Å²) in [5.41, 5.74) is 0.532. The Bertz CT molecular complexity index is 554. The lowest BCUT2D eigenvalue weighted by atomic mass is 10.2. The van der Waals surface area contributed by atoms with Gasteiger partial charge in [0.05, 0.1) is 10.7 Å². The second-order valence-electron chi connectivity index (χ2n) is 3.78. The maximum atomic E-state index is 12.0. The molecule has 0 spiro atoms. The topological polar surface area (TPSA) is 46.9 Å². The van der Waals surface area contributed by atoms with Gasteiger partial charge in [-0.05, 0) is 31.2 Å². The number of anilines is 1. The smallest absolute Gasteiger partial charge is 0.248 e. The minimum absolute atomic E-state index is 0.192. The standard InChI is InChI=1S/C12H11Cl2N3O/c1-8(17-6-2-5-15-17)12(18)16-11-4-3-9(13)7-10(11)14/h2-8H,1H3,(H,16,18). The zero-order valence-corrected chi connectivity index (χ0v) is 11.1. The molecule has 94 valence electrons. The van der Waals surface area contributed by atoms with Gasteiger partial charge >= 0.3 is 0 Å². The van der Waals surface area contributed by atoms with Crippen LogP contribution in [0.3, 0.4) is 0 Å². The van der Waals surface area contributed by atoms with E-state index in [-0.39, 0.29) is 5.91 Å². The van der Waals surface area contributed by atoms with E-state index < -0.39 is 6.04 Å². The lowest BCUT2D eigenvalue weighted by molar-refractivity contribution is -0.119. The molecule has 0 aliphatic carbocycles. The summed E-state index contributed by atoms with van der Waals surface area (Å²) in [5.74, 6) is -0.192. The highest BCUT2D eigenvalue weighted by atomic mass is 35.5. The number of nitrogens with one attached hydrogen (secondary N) is 1. The molecule has 18 heavy (non-hydrogen) atoms. The van der Waals surface area contributed by atoms with Crippen LogP contribution >= 0.6 is 23.2 Å². The number of nitrogens with zero attached hydrogens (tertiary/aromatic N) is 2. The number of benzene rings is 1. The number of aromatic nitrogens is 2. The van der Waals surface area contributed by atoms with Crippen molar-refractivity contribution in [3.63, 3.8) is 0 Å². The first-order valence-electron chi connectivity index (χ1n) is 5.33. The van der Waals surface area contributed by atoms with Gasteiger partial charge in [0, 0.05) is 17.4 Å². The van der Waals surface area contributed by atoms with E-state index in [1.165, 1.54) is 0 Å². The summed E-state index contributed by atoms with van der Waals surface area (Å²) in [6.07, 6.45) is 3.35. The van der Waals surface area contributed by atoms with Crippen molar-refractivity contribution in [3.8, 4) is 0 Å². The van der Waals surface area contributed by atoms with Gasteiger partial charge in [-0.2, -0.15) is 5.10 Å². The summed E-state index contributed by atoms with van der Waals surface area (Å²) in [6.45, 7) is 1.76. The average Bonchev–Trinajstić information content (AvgIpc) is 2.85. The Morgan fingerprint density at radius 2 is 2.22 bits per heavy atom. The fraction of sp³-hybridized carbons (Fsp3) is 0.167. The highest BCUT2D eigenvalue weighted by Gasteiger charge is 2.16. The van der Waals surface area contributed by atoms with E-state index in [9.17, 15) is 4.79 Å². The SMILES string of the molecule is CC(C(=O)Nc1ccc(Cl)cc1Cl)n1cccn1. The summed E-state index contributed by atoms with van der Waals surface area (Å²) >= 11 is 11.8. The predicted octanol–water partition coefficient (Wildman–Crippen LogP) is 3.39. The first-order valence-corrected chi connectivity index (χ1v) is 6.08. The highest BCUT2D eigenvalue weighted by molar-refractivity contribution is 6.36. The number of amides is 1. The van der Waals surface area contributed by atoms with Crippen LogP contribution in [-0.2, 0) is 4.79 Å². The van der Waals surface area contributed by atoms with Gasteiger partial charge < -0.3 is 5.32 Å². The van der Waals surface area contributed by atoms with Gasteiger partial charge in [-0.25, -0.2) is 0 Å². The van der Waals surface area contributed by atoms with Crippen LogP contribution in [0.15, 0.2) is 36.7 Å². The first-order chi connectivity index (χ1) is 8.58. The summed E-state index contributed by atoms with van der Waals surface area (Å²) in [6, 6.07) is 6.27. The second kappa shape index (κ2) is 5.42. The van der Waals surface area contributed by atoms with E-state index in [2.05, 4.69) is 10.4 Å². The molecule has 1 amide bonds. The molecule has 1 heterocycles. The fourth-order valence-corrected chi connectivity index (χ4v) is 1.91.